The van der Waals surface area contributed by atoms with Gasteiger partial charge in [-0.25, -0.2) is 8.42 Å². The summed E-state index contributed by atoms with van der Waals surface area (Å²) >= 11 is 0. The number of sulfone groups is 1. The van der Waals surface area contributed by atoms with Crippen LogP contribution in [0.3, 0.4) is 0 Å². The first-order chi connectivity index (χ1) is 8.55. The normalized spacial score (nSPS) is 12.7. The van der Waals surface area contributed by atoms with Crippen LogP contribution in [-0.2, 0) is 16.3 Å². The van der Waals surface area contributed by atoms with Crippen LogP contribution in [0.4, 0.5) is 0 Å². The van der Waals surface area contributed by atoms with Gasteiger partial charge >= 0.3 is 0 Å². The van der Waals surface area contributed by atoms with Crippen LogP contribution in [0.25, 0.3) is 0 Å². The van der Waals surface area contributed by atoms with Crippen molar-refractivity contribution in [2.75, 3.05) is 6.26 Å². The second-order valence-electron chi connectivity index (χ2n) is 5.91. The molecule has 0 amide bonds. The summed E-state index contributed by atoms with van der Waals surface area (Å²) in [7, 11) is -3.44. The molecule has 1 aromatic rings. The molecule has 0 saturated heterocycles. The van der Waals surface area contributed by atoms with E-state index in [1.54, 1.807) is 12.1 Å². The first-order valence-corrected chi connectivity index (χ1v) is 8.28. The zero-order valence-corrected chi connectivity index (χ0v) is 13.0. The molecule has 0 atom stereocenters. The minimum absolute atomic E-state index is 0.347. The fourth-order valence-corrected chi connectivity index (χ4v) is 2.28. The largest absolute Gasteiger partial charge is 0.292 e. The quantitative estimate of drug-likeness (QED) is 0.780. The molecular weight excluding hydrogens is 260 g/mol. The van der Waals surface area contributed by atoms with E-state index < -0.39 is 14.6 Å². The lowest BCUT2D eigenvalue weighted by molar-refractivity contribution is 0.0954. The highest BCUT2D eigenvalue weighted by Crippen LogP contribution is 2.22. The van der Waals surface area contributed by atoms with E-state index in [1.807, 2.05) is 12.1 Å². The molecule has 0 saturated carbocycles. The Bertz CT molecular complexity index is 569. The summed E-state index contributed by atoms with van der Waals surface area (Å²) in [5.74, 6) is 0.147. The monoisotopic (exact) mass is 282 g/mol. The fourth-order valence-electron chi connectivity index (χ4n) is 1.83. The molecule has 1 aromatic carbocycles. The molecule has 1 rings (SSSR count). The average Bonchev–Trinajstić information content (AvgIpc) is 2.25. The van der Waals surface area contributed by atoms with Crippen LogP contribution < -0.4 is 0 Å². The van der Waals surface area contributed by atoms with Crippen LogP contribution in [0.2, 0.25) is 0 Å². The van der Waals surface area contributed by atoms with Crippen molar-refractivity contribution >= 4 is 15.6 Å². The lowest BCUT2D eigenvalue weighted by atomic mass is 9.95. The van der Waals surface area contributed by atoms with Crippen LogP contribution in [0.1, 0.15) is 43.6 Å². The Kier molecular flexibility index (Phi) is 4.56. The van der Waals surface area contributed by atoms with Gasteiger partial charge in [0.1, 0.15) is 4.75 Å². The van der Waals surface area contributed by atoms with Gasteiger partial charge in [0.15, 0.2) is 15.6 Å². The van der Waals surface area contributed by atoms with E-state index in [9.17, 15) is 13.2 Å². The highest BCUT2D eigenvalue weighted by molar-refractivity contribution is 7.92. The Morgan fingerprint density at radius 2 is 1.84 bits per heavy atom. The van der Waals surface area contributed by atoms with Crippen molar-refractivity contribution in [2.45, 2.75) is 38.9 Å². The van der Waals surface area contributed by atoms with Crippen LogP contribution >= 0.6 is 0 Å². The van der Waals surface area contributed by atoms with E-state index in [1.165, 1.54) is 13.8 Å². The van der Waals surface area contributed by atoms with Crippen LogP contribution in [0.15, 0.2) is 24.3 Å². The van der Waals surface area contributed by atoms with Crippen molar-refractivity contribution in [2.24, 2.45) is 5.92 Å². The molecule has 0 radical (unpaired) electrons. The van der Waals surface area contributed by atoms with E-state index in [4.69, 9.17) is 0 Å². The summed E-state index contributed by atoms with van der Waals surface area (Å²) < 4.78 is 22.0. The van der Waals surface area contributed by atoms with Gasteiger partial charge < -0.3 is 0 Å². The number of benzene rings is 1. The van der Waals surface area contributed by atoms with E-state index in [0.717, 1.165) is 18.2 Å². The molecule has 0 aliphatic heterocycles. The van der Waals surface area contributed by atoms with E-state index in [2.05, 4.69) is 13.8 Å². The molecule has 0 unspecified atom stereocenters. The molecule has 106 valence electrons. The molecule has 0 heterocycles. The fraction of sp³-hybridized carbons (Fsp3) is 0.533. The average molecular weight is 282 g/mol. The molecule has 0 aromatic heterocycles. The molecule has 4 heteroatoms. The minimum Gasteiger partial charge on any atom is -0.292 e. The van der Waals surface area contributed by atoms with E-state index in [-0.39, 0.29) is 5.78 Å². The first kappa shape index (κ1) is 15.9. The summed E-state index contributed by atoms with van der Waals surface area (Å²) in [5.41, 5.74) is 1.53. The summed E-state index contributed by atoms with van der Waals surface area (Å²) in [6.07, 6.45) is 1.98. The second-order valence-corrected chi connectivity index (χ2v) is 8.47. The zero-order chi connectivity index (χ0) is 14.8. The number of carbonyl (C=O) groups excluding carboxylic acids is 1. The molecule has 0 aliphatic rings. The lowest BCUT2D eigenvalue weighted by Crippen LogP contribution is -2.40. The van der Waals surface area contributed by atoms with Crippen molar-refractivity contribution in [1.29, 1.82) is 0 Å². The van der Waals surface area contributed by atoms with Gasteiger partial charge in [-0.05, 0) is 37.8 Å². The third-order valence-electron chi connectivity index (χ3n) is 3.31. The van der Waals surface area contributed by atoms with Gasteiger partial charge in [0.2, 0.25) is 0 Å². The van der Waals surface area contributed by atoms with Gasteiger partial charge in [0.05, 0.1) is 0 Å². The van der Waals surface area contributed by atoms with Crippen molar-refractivity contribution in [3.05, 3.63) is 35.4 Å². The van der Waals surface area contributed by atoms with E-state index in [0.29, 0.717) is 11.5 Å². The third kappa shape index (κ3) is 3.66. The molecule has 19 heavy (non-hydrogen) atoms. The smallest absolute Gasteiger partial charge is 0.183 e. The van der Waals surface area contributed by atoms with Crippen LogP contribution in [0.5, 0.6) is 0 Å². The van der Waals surface area contributed by atoms with Crippen LogP contribution in [0, 0.1) is 5.92 Å². The van der Waals surface area contributed by atoms with Gasteiger partial charge in [-0.3, -0.25) is 4.79 Å². The third-order valence-corrected chi connectivity index (χ3v) is 5.35. The lowest BCUT2D eigenvalue weighted by Gasteiger charge is -2.21. The number of Topliss-reactive ketones (excluding diaryl/α,β-unsaturated/α-hetero) is 1. The van der Waals surface area contributed by atoms with Crippen molar-refractivity contribution in [3.8, 4) is 0 Å². The zero-order valence-electron chi connectivity index (χ0n) is 12.2. The Morgan fingerprint density at radius 1 is 1.26 bits per heavy atom. The number of hydrogen-bond donors (Lipinski definition) is 0. The molecule has 0 fully saturated rings. The molecule has 0 N–H and O–H groups in total. The SMILES string of the molecule is CC(C)Cc1cccc(C(=O)C(C)(C)S(C)(=O)=O)c1. The summed E-state index contributed by atoms with van der Waals surface area (Å²) in [6, 6.07) is 7.25. The summed E-state index contributed by atoms with van der Waals surface area (Å²) in [6.45, 7) is 7.13. The maximum absolute atomic E-state index is 12.4. The number of ketones is 1. The number of rotatable bonds is 5. The number of carbonyl (C=O) groups is 1. The van der Waals surface area contributed by atoms with Crippen molar-refractivity contribution in [1.82, 2.24) is 0 Å². The Labute approximate surface area is 116 Å². The molecular formula is C15H22O3S. The minimum atomic E-state index is -3.44. The molecule has 0 aliphatic carbocycles. The topological polar surface area (TPSA) is 51.2 Å². The van der Waals surface area contributed by atoms with Gasteiger partial charge in [0.25, 0.3) is 0 Å². The summed E-state index contributed by atoms with van der Waals surface area (Å²) in [5, 5.41) is 0. The highest BCUT2D eigenvalue weighted by atomic mass is 32.2. The van der Waals surface area contributed by atoms with Crippen molar-refractivity contribution in [3.63, 3.8) is 0 Å². The van der Waals surface area contributed by atoms with Crippen molar-refractivity contribution < 1.29 is 13.2 Å². The van der Waals surface area contributed by atoms with Gasteiger partial charge in [0, 0.05) is 11.8 Å². The Hall–Kier alpha value is -1.16. The van der Waals surface area contributed by atoms with Gasteiger partial charge in [-0.15, -0.1) is 0 Å². The maximum atomic E-state index is 12.4. The predicted molar refractivity (Wildman–Crippen MR) is 78.2 cm³/mol. The van der Waals surface area contributed by atoms with Gasteiger partial charge in [-0.1, -0.05) is 32.0 Å². The Balaban J connectivity index is 3.14. The standard InChI is InChI=1S/C15H22O3S/c1-11(2)9-12-7-6-8-13(10-12)14(16)15(3,4)19(5,17)18/h6-8,10-11H,9H2,1-5H3. The Morgan fingerprint density at radius 3 is 2.32 bits per heavy atom. The first-order valence-electron chi connectivity index (χ1n) is 6.39. The number of hydrogen-bond acceptors (Lipinski definition) is 3. The van der Waals surface area contributed by atoms with Gasteiger partial charge in [-0.2, -0.15) is 0 Å². The predicted octanol–water partition coefficient (Wildman–Crippen LogP) is 2.89. The summed E-state index contributed by atoms with van der Waals surface area (Å²) in [4.78, 5) is 12.4. The molecule has 3 nitrogen and oxygen atoms in total. The molecule has 0 spiro atoms. The molecule has 0 bridgehead atoms. The van der Waals surface area contributed by atoms with E-state index >= 15 is 0 Å². The maximum Gasteiger partial charge on any atom is 0.183 e. The highest BCUT2D eigenvalue weighted by Gasteiger charge is 2.38. The van der Waals surface area contributed by atoms with Crippen LogP contribution in [-0.4, -0.2) is 25.2 Å². The second kappa shape index (κ2) is 5.45.